The number of hydrogen-bond donors (Lipinski definition) is 1. The Labute approximate surface area is 135 Å². The smallest absolute Gasteiger partial charge is 0.311 e. The summed E-state index contributed by atoms with van der Waals surface area (Å²) in [5.74, 6) is -0.313. The predicted molar refractivity (Wildman–Crippen MR) is 86.3 cm³/mol. The van der Waals surface area contributed by atoms with Gasteiger partial charge in [0.1, 0.15) is 0 Å². The van der Waals surface area contributed by atoms with Crippen LogP contribution in [0.25, 0.3) is 5.69 Å². The highest BCUT2D eigenvalue weighted by Gasteiger charge is 2.54. The first-order valence-electron chi connectivity index (χ1n) is 8.23. The zero-order valence-corrected chi connectivity index (χ0v) is 13.1. The van der Waals surface area contributed by atoms with Crippen LogP contribution in [0.1, 0.15) is 25.0 Å². The molecule has 1 N–H and O–H groups in total. The van der Waals surface area contributed by atoms with E-state index >= 15 is 0 Å². The van der Waals surface area contributed by atoms with Crippen molar-refractivity contribution in [2.75, 3.05) is 13.1 Å². The average molecular weight is 311 g/mol. The number of aliphatic carboxylic acids is 1. The van der Waals surface area contributed by atoms with E-state index in [1.54, 1.807) is 0 Å². The molecule has 120 valence electrons. The number of hydrogen-bond acceptors (Lipinski definition) is 3. The highest BCUT2D eigenvalue weighted by Crippen LogP contribution is 2.49. The molecule has 5 heteroatoms. The lowest BCUT2D eigenvalue weighted by molar-refractivity contribution is -0.149. The number of aromatic nitrogens is 2. The van der Waals surface area contributed by atoms with E-state index in [0.717, 1.165) is 43.7 Å². The van der Waals surface area contributed by atoms with Gasteiger partial charge >= 0.3 is 5.97 Å². The predicted octanol–water partition coefficient (Wildman–Crippen LogP) is 2.56. The van der Waals surface area contributed by atoms with Crippen molar-refractivity contribution in [3.8, 4) is 5.69 Å². The Morgan fingerprint density at radius 3 is 2.87 bits per heavy atom. The molecule has 2 aliphatic rings. The number of fused-ring (bicyclic) bond motifs is 1. The maximum Gasteiger partial charge on any atom is 0.311 e. The topological polar surface area (TPSA) is 58.4 Å². The molecular formula is C18H21N3O2. The molecule has 23 heavy (non-hydrogen) atoms. The van der Waals surface area contributed by atoms with Crippen molar-refractivity contribution in [1.29, 1.82) is 0 Å². The van der Waals surface area contributed by atoms with Gasteiger partial charge in [0.15, 0.2) is 0 Å². The van der Waals surface area contributed by atoms with Gasteiger partial charge in [-0.2, -0.15) is 5.10 Å². The van der Waals surface area contributed by atoms with Crippen LogP contribution in [0.5, 0.6) is 0 Å². The largest absolute Gasteiger partial charge is 0.481 e. The highest BCUT2D eigenvalue weighted by molar-refractivity contribution is 5.76. The van der Waals surface area contributed by atoms with Crippen LogP contribution >= 0.6 is 0 Å². The second-order valence-electron chi connectivity index (χ2n) is 6.79. The Kier molecular flexibility index (Phi) is 3.45. The summed E-state index contributed by atoms with van der Waals surface area (Å²) in [6.07, 6.45) is 4.72. The van der Waals surface area contributed by atoms with Crippen molar-refractivity contribution >= 4 is 5.97 Å². The maximum atomic E-state index is 11.8. The molecule has 1 saturated carbocycles. The molecule has 0 radical (unpaired) electrons. The summed E-state index contributed by atoms with van der Waals surface area (Å²) in [5.41, 5.74) is 1.63. The minimum atomic E-state index is -0.612. The normalized spacial score (nSPS) is 27.2. The fourth-order valence-corrected chi connectivity index (χ4v) is 4.34. The summed E-state index contributed by atoms with van der Waals surface area (Å²) < 4.78 is 1.95. The Balaban J connectivity index is 1.55. The van der Waals surface area contributed by atoms with Crippen LogP contribution in [0.3, 0.4) is 0 Å². The summed E-state index contributed by atoms with van der Waals surface area (Å²) in [4.78, 5) is 14.1. The minimum Gasteiger partial charge on any atom is -0.481 e. The second-order valence-corrected chi connectivity index (χ2v) is 6.79. The molecule has 1 aliphatic heterocycles. The van der Waals surface area contributed by atoms with Gasteiger partial charge in [-0.25, -0.2) is 4.68 Å². The van der Waals surface area contributed by atoms with E-state index in [9.17, 15) is 9.90 Å². The van der Waals surface area contributed by atoms with Crippen LogP contribution in [0, 0.1) is 11.3 Å². The molecule has 0 spiro atoms. The molecule has 0 amide bonds. The molecular weight excluding hydrogens is 290 g/mol. The zero-order chi connectivity index (χ0) is 15.9. The molecule has 5 nitrogen and oxygen atoms in total. The van der Waals surface area contributed by atoms with Crippen LogP contribution in [0.4, 0.5) is 0 Å². The molecule has 0 bridgehead atoms. The quantitative estimate of drug-likeness (QED) is 0.943. The number of nitrogens with zero attached hydrogens (tertiary/aromatic N) is 3. The molecule has 2 fully saturated rings. The first-order valence-corrected chi connectivity index (χ1v) is 8.23. The Morgan fingerprint density at radius 2 is 2.13 bits per heavy atom. The van der Waals surface area contributed by atoms with Crippen molar-refractivity contribution in [3.05, 3.63) is 48.3 Å². The van der Waals surface area contributed by atoms with E-state index in [-0.39, 0.29) is 0 Å². The summed E-state index contributed by atoms with van der Waals surface area (Å²) in [5, 5.41) is 14.1. The van der Waals surface area contributed by atoms with E-state index in [1.165, 1.54) is 0 Å². The molecule has 2 atom stereocenters. The van der Waals surface area contributed by atoms with Gasteiger partial charge in [-0.15, -0.1) is 0 Å². The Morgan fingerprint density at radius 1 is 1.30 bits per heavy atom. The first kappa shape index (κ1) is 14.5. The maximum absolute atomic E-state index is 11.8. The SMILES string of the molecule is O=C(O)[C@@]12CCC[C@H]1CN(Cc1ccnn1-c1ccccc1)C2. The summed E-state index contributed by atoms with van der Waals surface area (Å²) >= 11 is 0. The summed E-state index contributed by atoms with van der Waals surface area (Å²) in [6.45, 7) is 2.29. The number of para-hydroxylation sites is 1. The third kappa shape index (κ3) is 2.36. The number of carboxylic acid groups (broad SMARTS) is 1. The standard InChI is InChI=1S/C18H21N3O2/c22-17(23)18-9-4-5-14(18)11-20(13-18)12-16-8-10-19-21(16)15-6-2-1-3-7-15/h1-3,6-8,10,14H,4-5,9,11-13H2,(H,22,23)/t14-,18+/m0/s1. The van der Waals surface area contributed by atoms with E-state index in [0.29, 0.717) is 12.5 Å². The van der Waals surface area contributed by atoms with Crippen LogP contribution in [0.15, 0.2) is 42.6 Å². The van der Waals surface area contributed by atoms with E-state index in [4.69, 9.17) is 0 Å². The average Bonchev–Trinajstić information content (AvgIpc) is 3.22. The summed E-state index contributed by atoms with van der Waals surface area (Å²) in [6, 6.07) is 12.1. The lowest BCUT2D eigenvalue weighted by Crippen LogP contribution is -2.35. The van der Waals surface area contributed by atoms with Gasteiger partial charge in [-0.05, 0) is 37.0 Å². The van der Waals surface area contributed by atoms with E-state index in [2.05, 4.69) is 10.00 Å². The zero-order valence-electron chi connectivity index (χ0n) is 13.1. The van der Waals surface area contributed by atoms with Gasteiger partial charge < -0.3 is 5.11 Å². The lowest BCUT2D eigenvalue weighted by Gasteiger charge is -2.23. The second kappa shape index (κ2) is 5.49. The fourth-order valence-electron chi connectivity index (χ4n) is 4.34. The van der Waals surface area contributed by atoms with Crippen molar-refractivity contribution < 1.29 is 9.90 Å². The van der Waals surface area contributed by atoms with Crippen LogP contribution in [-0.4, -0.2) is 38.8 Å². The van der Waals surface area contributed by atoms with Gasteiger partial charge in [0.05, 0.1) is 16.8 Å². The fraction of sp³-hybridized carbons (Fsp3) is 0.444. The third-order valence-corrected chi connectivity index (χ3v) is 5.47. The molecule has 1 aromatic carbocycles. The van der Waals surface area contributed by atoms with Gasteiger partial charge in [0.2, 0.25) is 0 Å². The van der Waals surface area contributed by atoms with Gasteiger partial charge in [-0.3, -0.25) is 9.69 Å². The van der Waals surface area contributed by atoms with Crippen molar-refractivity contribution in [1.82, 2.24) is 14.7 Å². The monoisotopic (exact) mass is 311 g/mol. The molecule has 1 aromatic heterocycles. The number of rotatable bonds is 4. The van der Waals surface area contributed by atoms with Gasteiger partial charge in [-0.1, -0.05) is 24.6 Å². The van der Waals surface area contributed by atoms with Gasteiger partial charge in [0.25, 0.3) is 0 Å². The molecule has 1 saturated heterocycles. The van der Waals surface area contributed by atoms with Crippen LogP contribution in [0.2, 0.25) is 0 Å². The molecule has 0 unspecified atom stereocenters. The Hall–Kier alpha value is -2.14. The van der Waals surface area contributed by atoms with E-state index in [1.807, 2.05) is 47.3 Å². The third-order valence-electron chi connectivity index (χ3n) is 5.47. The first-order chi connectivity index (χ1) is 11.2. The lowest BCUT2D eigenvalue weighted by atomic mass is 9.81. The minimum absolute atomic E-state index is 0.299. The van der Waals surface area contributed by atoms with Crippen molar-refractivity contribution in [2.24, 2.45) is 11.3 Å². The summed E-state index contributed by atoms with van der Waals surface area (Å²) in [7, 11) is 0. The number of carbonyl (C=O) groups is 1. The molecule has 4 rings (SSSR count). The number of carboxylic acids is 1. The number of likely N-dealkylation sites (tertiary alicyclic amines) is 1. The van der Waals surface area contributed by atoms with Crippen molar-refractivity contribution in [2.45, 2.75) is 25.8 Å². The van der Waals surface area contributed by atoms with Crippen LogP contribution < -0.4 is 0 Å². The van der Waals surface area contributed by atoms with Crippen LogP contribution in [-0.2, 0) is 11.3 Å². The molecule has 2 aromatic rings. The number of benzene rings is 1. The van der Waals surface area contributed by atoms with Crippen molar-refractivity contribution in [3.63, 3.8) is 0 Å². The Bertz CT molecular complexity index is 712. The van der Waals surface area contributed by atoms with Gasteiger partial charge in [0, 0.05) is 25.8 Å². The highest BCUT2D eigenvalue weighted by atomic mass is 16.4. The molecule has 2 heterocycles. The van der Waals surface area contributed by atoms with E-state index < -0.39 is 11.4 Å². The molecule has 1 aliphatic carbocycles.